The Kier molecular flexibility index (Phi) is 5.43. The van der Waals surface area contributed by atoms with Crippen molar-refractivity contribution in [1.82, 2.24) is 10.2 Å². The molecule has 4 nitrogen and oxygen atoms in total. The van der Waals surface area contributed by atoms with Crippen LogP contribution in [0.3, 0.4) is 0 Å². The number of rotatable bonds is 3. The number of nitrogens with zero attached hydrogens (tertiary/aromatic N) is 1. The van der Waals surface area contributed by atoms with Gasteiger partial charge >= 0.3 is 6.03 Å². The van der Waals surface area contributed by atoms with Gasteiger partial charge in [-0.25, -0.2) is 4.79 Å². The highest BCUT2D eigenvalue weighted by Crippen LogP contribution is 2.21. The number of benzene rings is 1. The van der Waals surface area contributed by atoms with Gasteiger partial charge in [-0.1, -0.05) is 34.1 Å². The molecule has 0 unspecified atom stereocenters. The van der Waals surface area contributed by atoms with Crippen molar-refractivity contribution in [3.8, 4) is 0 Å². The lowest BCUT2D eigenvalue weighted by atomic mass is 9.99. The second-order valence-corrected chi connectivity index (χ2v) is 6.14. The molecular weight excluding hydrogens is 320 g/mol. The molecule has 0 saturated carbocycles. The number of halogens is 1. The molecule has 2 amide bonds. The molecule has 0 bridgehead atoms. The predicted molar refractivity (Wildman–Crippen MR) is 82.5 cm³/mol. The summed E-state index contributed by atoms with van der Waals surface area (Å²) in [5, 5.41) is 12.2. The summed E-state index contributed by atoms with van der Waals surface area (Å²) in [6.45, 7) is 4.13. The molecule has 0 aliphatic carbocycles. The molecule has 1 aliphatic rings. The van der Waals surface area contributed by atoms with Crippen LogP contribution in [-0.4, -0.2) is 35.7 Å². The molecular formula is C15H21BrN2O2. The fourth-order valence-corrected chi connectivity index (χ4v) is 2.93. The van der Waals surface area contributed by atoms with Crippen molar-refractivity contribution in [1.29, 1.82) is 0 Å². The number of aryl methyl sites for hydroxylation is 1. The Hall–Kier alpha value is -1.07. The Morgan fingerprint density at radius 2 is 2.35 bits per heavy atom. The Bertz CT molecular complexity index is 479. The predicted octanol–water partition coefficient (Wildman–Crippen LogP) is 2.67. The van der Waals surface area contributed by atoms with Gasteiger partial charge in [0.15, 0.2) is 0 Å². The highest BCUT2D eigenvalue weighted by Gasteiger charge is 2.22. The van der Waals surface area contributed by atoms with E-state index >= 15 is 0 Å². The fourth-order valence-electron chi connectivity index (χ4n) is 2.53. The van der Waals surface area contributed by atoms with E-state index in [1.54, 1.807) is 4.90 Å². The molecule has 0 radical (unpaired) electrons. The zero-order chi connectivity index (χ0) is 14.5. The number of urea groups is 1. The zero-order valence-electron chi connectivity index (χ0n) is 11.7. The summed E-state index contributed by atoms with van der Waals surface area (Å²) in [5.41, 5.74) is 2.24. The van der Waals surface area contributed by atoms with E-state index in [-0.39, 0.29) is 18.6 Å². The summed E-state index contributed by atoms with van der Waals surface area (Å²) < 4.78 is 1.05. The largest absolute Gasteiger partial charge is 0.396 e. The normalized spacial score (nSPS) is 18.9. The average Bonchev–Trinajstić information content (AvgIpc) is 2.48. The number of likely N-dealkylation sites (tertiary alicyclic amines) is 1. The van der Waals surface area contributed by atoms with Gasteiger partial charge in [-0.15, -0.1) is 0 Å². The molecule has 110 valence electrons. The zero-order valence-corrected chi connectivity index (χ0v) is 13.3. The van der Waals surface area contributed by atoms with Crippen molar-refractivity contribution in [2.24, 2.45) is 5.92 Å². The van der Waals surface area contributed by atoms with Gasteiger partial charge in [0.2, 0.25) is 0 Å². The minimum Gasteiger partial charge on any atom is -0.396 e. The lowest BCUT2D eigenvalue weighted by molar-refractivity contribution is 0.129. The fraction of sp³-hybridized carbons (Fsp3) is 0.533. The second-order valence-electron chi connectivity index (χ2n) is 5.34. The van der Waals surface area contributed by atoms with Crippen LogP contribution in [0.2, 0.25) is 0 Å². The molecule has 1 aliphatic heterocycles. The van der Waals surface area contributed by atoms with E-state index in [4.69, 9.17) is 0 Å². The van der Waals surface area contributed by atoms with Crippen LogP contribution in [0.25, 0.3) is 0 Å². The number of piperidine rings is 1. The van der Waals surface area contributed by atoms with Gasteiger partial charge in [-0.2, -0.15) is 0 Å². The van der Waals surface area contributed by atoms with E-state index in [1.807, 2.05) is 25.1 Å². The lowest BCUT2D eigenvalue weighted by Crippen LogP contribution is -2.45. The molecule has 0 spiro atoms. The number of carbonyl (C=O) groups excluding carboxylic acids is 1. The molecule has 1 saturated heterocycles. The minimum absolute atomic E-state index is 0.0449. The molecule has 1 atom stereocenters. The van der Waals surface area contributed by atoms with E-state index in [0.29, 0.717) is 13.1 Å². The molecule has 1 aromatic rings. The van der Waals surface area contributed by atoms with Gasteiger partial charge in [0.1, 0.15) is 0 Å². The monoisotopic (exact) mass is 340 g/mol. The van der Waals surface area contributed by atoms with Crippen LogP contribution in [0.5, 0.6) is 0 Å². The standard InChI is InChI=1S/C15H21BrN2O2/c1-11-4-2-6-13(14(11)16)8-17-15(20)18-7-3-5-12(9-18)10-19/h2,4,6,12,19H,3,5,7-10H2,1H3,(H,17,20)/t12-/m1/s1. The maximum Gasteiger partial charge on any atom is 0.317 e. The average molecular weight is 341 g/mol. The quantitative estimate of drug-likeness (QED) is 0.888. The molecule has 5 heteroatoms. The Morgan fingerprint density at radius 3 is 3.10 bits per heavy atom. The number of aliphatic hydroxyl groups excluding tert-OH is 1. The molecule has 2 N–H and O–H groups in total. The third-order valence-corrected chi connectivity index (χ3v) is 4.90. The molecule has 1 heterocycles. The summed E-state index contributed by atoms with van der Waals surface area (Å²) in [7, 11) is 0. The van der Waals surface area contributed by atoms with Gasteiger partial charge in [0, 0.05) is 30.7 Å². The van der Waals surface area contributed by atoms with E-state index < -0.39 is 0 Å². The lowest BCUT2D eigenvalue weighted by Gasteiger charge is -2.31. The van der Waals surface area contributed by atoms with Crippen LogP contribution < -0.4 is 5.32 Å². The van der Waals surface area contributed by atoms with E-state index in [1.165, 1.54) is 0 Å². The number of hydrogen-bond acceptors (Lipinski definition) is 2. The van der Waals surface area contributed by atoms with Crippen LogP contribution in [0, 0.1) is 12.8 Å². The number of carbonyl (C=O) groups is 1. The van der Waals surface area contributed by atoms with Crippen LogP contribution >= 0.6 is 15.9 Å². The number of aliphatic hydroxyl groups is 1. The smallest absolute Gasteiger partial charge is 0.317 e. The van der Waals surface area contributed by atoms with Crippen molar-refractivity contribution in [3.05, 3.63) is 33.8 Å². The summed E-state index contributed by atoms with van der Waals surface area (Å²) >= 11 is 3.55. The highest BCUT2D eigenvalue weighted by molar-refractivity contribution is 9.10. The molecule has 20 heavy (non-hydrogen) atoms. The number of nitrogens with one attached hydrogen (secondary N) is 1. The summed E-state index contributed by atoms with van der Waals surface area (Å²) in [6.07, 6.45) is 1.97. The van der Waals surface area contributed by atoms with Crippen molar-refractivity contribution < 1.29 is 9.90 Å². The van der Waals surface area contributed by atoms with Crippen LogP contribution in [0.4, 0.5) is 4.79 Å². The van der Waals surface area contributed by atoms with Gasteiger partial charge in [-0.05, 0) is 36.8 Å². The van der Waals surface area contributed by atoms with Gasteiger partial charge in [0.25, 0.3) is 0 Å². The Morgan fingerprint density at radius 1 is 1.55 bits per heavy atom. The third kappa shape index (κ3) is 3.73. The maximum absolute atomic E-state index is 12.1. The minimum atomic E-state index is -0.0449. The van der Waals surface area contributed by atoms with Gasteiger partial charge in [0.05, 0.1) is 0 Å². The third-order valence-electron chi connectivity index (χ3n) is 3.77. The van der Waals surface area contributed by atoms with Crippen LogP contribution in [0.15, 0.2) is 22.7 Å². The summed E-state index contributed by atoms with van der Waals surface area (Å²) in [6, 6.07) is 5.98. The second kappa shape index (κ2) is 7.09. The van der Waals surface area contributed by atoms with Crippen molar-refractivity contribution >= 4 is 22.0 Å². The van der Waals surface area contributed by atoms with E-state index in [0.717, 1.165) is 35.0 Å². The van der Waals surface area contributed by atoms with E-state index in [9.17, 15) is 9.90 Å². The first-order valence-electron chi connectivity index (χ1n) is 6.99. The summed E-state index contributed by atoms with van der Waals surface area (Å²) in [5.74, 6) is 0.222. The highest BCUT2D eigenvalue weighted by atomic mass is 79.9. The Labute approximate surface area is 128 Å². The molecule has 2 rings (SSSR count). The van der Waals surface area contributed by atoms with Crippen molar-refractivity contribution in [2.45, 2.75) is 26.3 Å². The first-order valence-corrected chi connectivity index (χ1v) is 7.78. The SMILES string of the molecule is Cc1cccc(CNC(=O)N2CCC[C@@H](CO)C2)c1Br. The van der Waals surface area contributed by atoms with Crippen molar-refractivity contribution in [3.63, 3.8) is 0 Å². The summed E-state index contributed by atoms with van der Waals surface area (Å²) in [4.78, 5) is 13.9. The Balaban J connectivity index is 1.90. The van der Waals surface area contributed by atoms with Gasteiger partial charge in [-0.3, -0.25) is 0 Å². The van der Waals surface area contributed by atoms with Crippen molar-refractivity contribution in [2.75, 3.05) is 19.7 Å². The molecule has 0 aromatic heterocycles. The first-order chi connectivity index (χ1) is 9.61. The van der Waals surface area contributed by atoms with Crippen LogP contribution in [-0.2, 0) is 6.54 Å². The number of hydrogen-bond donors (Lipinski definition) is 2. The maximum atomic E-state index is 12.1. The molecule has 1 fully saturated rings. The molecule has 1 aromatic carbocycles. The van der Waals surface area contributed by atoms with E-state index in [2.05, 4.69) is 21.2 Å². The van der Waals surface area contributed by atoms with Gasteiger partial charge < -0.3 is 15.3 Å². The first kappa shape index (κ1) is 15.3. The number of amides is 2. The van der Waals surface area contributed by atoms with Crippen LogP contribution in [0.1, 0.15) is 24.0 Å². The topological polar surface area (TPSA) is 52.6 Å².